The van der Waals surface area contributed by atoms with E-state index in [1.165, 1.54) is 11.6 Å². The van der Waals surface area contributed by atoms with Crippen molar-refractivity contribution in [3.63, 3.8) is 0 Å². The van der Waals surface area contributed by atoms with Gasteiger partial charge in [0.15, 0.2) is 0 Å². The van der Waals surface area contributed by atoms with Crippen LogP contribution >= 0.6 is 0 Å². The van der Waals surface area contributed by atoms with Gasteiger partial charge < -0.3 is 5.11 Å². The maximum Gasteiger partial charge on any atom is 0.326 e. The van der Waals surface area contributed by atoms with Crippen molar-refractivity contribution in [1.29, 1.82) is 0 Å². The van der Waals surface area contributed by atoms with Crippen molar-refractivity contribution in [2.75, 3.05) is 10.8 Å². The van der Waals surface area contributed by atoms with Gasteiger partial charge in [-0.2, -0.15) is 8.42 Å². The standard InChI is InChI=1S/C18H20N2O4S/c1-13(9-14-5-3-2-4-6-14)10-15-7-8-16(17(21)11-15)20-12-18(22)19-25(20,23)24/h2-8,11,13,21H,9-10,12H2,1H3,(H,19,22). The van der Waals surface area contributed by atoms with Crippen molar-refractivity contribution in [1.82, 2.24) is 4.72 Å². The molecule has 0 radical (unpaired) electrons. The molecule has 1 aliphatic heterocycles. The van der Waals surface area contributed by atoms with E-state index in [0.29, 0.717) is 5.92 Å². The van der Waals surface area contributed by atoms with Gasteiger partial charge in [0.2, 0.25) is 0 Å². The van der Waals surface area contributed by atoms with Crippen LogP contribution in [-0.2, 0) is 27.8 Å². The summed E-state index contributed by atoms with van der Waals surface area (Å²) in [6, 6.07) is 15.1. The Morgan fingerprint density at radius 3 is 2.40 bits per heavy atom. The number of phenols is 1. The first-order chi connectivity index (χ1) is 11.8. The molecule has 1 amide bonds. The van der Waals surface area contributed by atoms with Gasteiger partial charge in [0, 0.05) is 0 Å². The average Bonchev–Trinajstić information content (AvgIpc) is 2.80. The quantitative estimate of drug-likeness (QED) is 0.854. The third kappa shape index (κ3) is 3.93. The van der Waals surface area contributed by atoms with E-state index >= 15 is 0 Å². The Balaban J connectivity index is 1.73. The molecule has 2 N–H and O–H groups in total. The van der Waals surface area contributed by atoms with E-state index in [1.807, 2.05) is 22.9 Å². The van der Waals surface area contributed by atoms with Gasteiger partial charge in [-0.1, -0.05) is 43.3 Å². The topological polar surface area (TPSA) is 86.7 Å². The summed E-state index contributed by atoms with van der Waals surface area (Å²) >= 11 is 0. The highest BCUT2D eigenvalue weighted by Crippen LogP contribution is 2.32. The van der Waals surface area contributed by atoms with Gasteiger partial charge in [-0.25, -0.2) is 9.03 Å². The minimum atomic E-state index is -3.91. The molecule has 0 bridgehead atoms. The summed E-state index contributed by atoms with van der Waals surface area (Å²) in [5.41, 5.74) is 2.28. The maximum atomic E-state index is 11.9. The van der Waals surface area contributed by atoms with Crippen molar-refractivity contribution in [2.45, 2.75) is 19.8 Å². The highest BCUT2D eigenvalue weighted by Gasteiger charge is 2.35. The number of amides is 1. The van der Waals surface area contributed by atoms with Crippen molar-refractivity contribution in [3.8, 4) is 5.75 Å². The zero-order chi connectivity index (χ0) is 18.0. The number of aromatic hydroxyl groups is 1. The first kappa shape index (κ1) is 17.3. The zero-order valence-electron chi connectivity index (χ0n) is 13.8. The summed E-state index contributed by atoms with van der Waals surface area (Å²) in [7, 11) is -3.91. The molecule has 2 aromatic carbocycles. The number of carbonyl (C=O) groups is 1. The molecule has 1 aliphatic rings. The molecule has 1 fully saturated rings. The molecule has 1 atom stereocenters. The number of hydrogen-bond donors (Lipinski definition) is 2. The van der Waals surface area contributed by atoms with Gasteiger partial charge in [0.25, 0.3) is 5.91 Å². The third-order valence-electron chi connectivity index (χ3n) is 4.14. The fourth-order valence-electron chi connectivity index (χ4n) is 3.06. The van der Waals surface area contributed by atoms with Crippen molar-refractivity contribution in [3.05, 3.63) is 59.7 Å². The molecule has 1 unspecified atom stereocenters. The molecule has 0 saturated carbocycles. The molecule has 0 spiro atoms. The Labute approximate surface area is 147 Å². The van der Waals surface area contributed by atoms with Crippen LogP contribution in [0.15, 0.2) is 48.5 Å². The second-order valence-electron chi connectivity index (χ2n) is 6.36. The first-order valence-electron chi connectivity index (χ1n) is 8.04. The smallest absolute Gasteiger partial charge is 0.326 e. The van der Waals surface area contributed by atoms with Gasteiger partial charge in [-0.3, -0.25) is 4.79 Å². The lowest BCUT2D eigenvalue weighted by Gasteiger charge is -2.17. The van der Waals surface area contributed by atoms with Gasteiger partial charge in [0.1, 0.15) is 12.3 Å². The molecular formula is C18H20N2O4S. The van der Waals surface area contributed by atoms with Crippen LogP contribution in [-0.4, -0.2) is 26.0 Å². The summed E-state index contributed by atoms with van der Waals surface area (Å²) in [5.74, 6) is -0.393. The minimum absolute atomic E-state index is 0.109. The third-order valence-corrected chi connectivity index (χ3v) is 5.53. The highest BCUT2D eigenvalue weighted by molar-refractivity contribution is 7.92. The predicted molar refractivity (Wildman–Crippen MR) is 95.5 cm³/mol. The molecule has 0 aliphatic carbocycles. The van der Waals surface area contributed by atoms with Gasteiger partial charge >= 0.3 is 10.2 Å². The van der Waals surface area contributed by atoms with Crippen LogP contribution in [0.25, 0.3) is 0 Å². The largest absolute Gasteiger partial charge is 0.506 e. The monoisotopic (exact) mass is 360 g/mol. The number of carbonyl (C=O) groups excluding carboxylic acids is 1. The van der Waals surface area contributed by atoms with E-state index in [0.717, 1.165) is 22.7 Å². The molecule has 0 aromatic heterocycles. The molecule has 1 saturated heterocycles. The summed E-state index contributed by atoms with van der Waals surface area (Å²) in [4.78, 5) is 11.3. The number of phenolic OH excluding ortho intramolecular Hbond substituents is 1. The molecule has 132 valence electrons. The van der Waals surface area contributed by atoms with E-state index in [9.17, 15) is 18.3 Å². The van der Waals surface area contributed by atoms with E-state index in [-0.39, 0.29) is 18.0 Å². The van der Waals surface area contributed by atoms with E-state index < -0.39 is 16.1 Å². The van der Waals surface area contributed by atoms with Crippen LogP contribution in [0.1, 0.15) is 18.1 Å². The molecule has 1 heterocycles. The molecule has 7 heteroatoms. The van der Waals surface area contributed by atoms with Crippen LogP contribution in [0.3, 0.4) is 0 Å². The number of nitrogens with zero attached hydrogens (tertiary/aromatic N) is 1. The molecule has 25 heavy (non-hydrogen) atoms. The van der Waals surface area contributed by atoms with Crippen LogP contribution < -0.4 is 9.03 Å². The summed E-state index contributed by atoms with van der Waals surface area (Å²) < 4.78 is 26.5. The molecule has 3 rings (SSSR count). The lowest BCUT2D eigenvalue weighted by atomic mass is 9.94. The number of nitrogens with one attached hydrogen (secondary N) is 1. The zero-order valence-corrected chi connectivity index (χ0v) is 14.7. The highest BCUT2D eigenvalue weighted by atomic mass is 32.2. The Morgan fingerprint density at radius 2 is 1.80 bits per heavy atom. The van der Waals surface area contributed by atoms with E-state index in [2.05, 4.69) is 19.1 Å². The fourth-order valence-corrected chi connectivity index (χ4v) is 4.22. The van der Waals surface area contributed by atoms with Crippen LogP contribution in [0, 0.1) is 5.92 Å². The molecular weight excluding hydrogens is 340 g/mol. The maximum absolute atomic E-state index is 11.9. The predicted octanol–water partition coefficient (Wildman–Crippen LogP) is 1.99. The van der Waals surface area contributed by atoms with Crippen molar-refractivity contribution < 1.29 is 18.3 Å². The minimum Gasteiger partial charge on any atom is -0.506 e. The van der Waals surface area contributed by atoms with Gasteiger partial charge in [-0.15, -0.1) is 0 Å². The van der Waals surface area contributed by atoms with Gasteiger partial charge in [0.05, 0.1) is 5.69 Å². The Kier molecular flexibility index (Phi) is 4.67. The average molecular weight is 360 g/mol. The second-order valence-corrected chi connectivity index (χ2v) is 7.95. The normalized spacial score (nSPS) is 17.3. The summed E-state index contributed by atoms with van der Waals surface area (Å²) in [6.07, 6.45) is 1.68. The number of benzene rings is 2. The number of rotatable bonds is 5. The Bertz CT molecular complexity index is 881. The summed E-state index contributed by atoms with van der Waals surface area (Å²) in [6.45, 7) is 1.81. The molecule has 2 aromatic rings. The Morgan fingerprint density at radius 1 is 1.12 bits per heavy atom. The lowest BCUT2D eigenvalue weighted by molar-refractivity contribution is -0.117. The second kappa shape index (κ2) is 6.76. The SMILES string of the molecule is CC(Cc1ccccc1)Cc1ccc(N2CC(=O)NS2(=O)=O)c(O)c1. The van der Waals surface area contributed by atoms with Crippen LogP contribution in [0.4, 0.5) is 5.69 Å². The molecule has 6 nitrogen and oxygen atoms in total. The number of hydrogen-bond acceptors (Lipinski definition) is 4. The van der Waals surface area contributed by atoms with E-state index in [4.69, 9.17) is 0 Å². The van der Waals surface area contributed by atoms with Crippen LogP contribution in [0.5, 0.6) is 5.75 Å². The van der Waals surface area contributed by atoms with Gasteiger partial charge in [-0.05, 0) is 42.0 Å². The number of anilines is 1. The first-order valence-corrected chi connectivity index (χ1v) is 9.48. The van der Waals surface area contributed by atoms with Crippen molar-refractivity contribution in [2.24, 2.45) is 5.92 Å². The lowest BCUT2D eigenvalue weighted by Crippen LogP contribution is -2.29. The summed E-state index contributed by atoms with van der Waals surface area (Å²) in [5, 5.41) is 10.2. The Hall–Kier alpha value is -2.54. The van der Waals surface area contributed by atoms with Crippen LogP contribution in [0.2, 0.25) is 0 Å². The van der Waals surface area contributed by atoms with E-state index in [1.54, 1.807) is 12.1 Å². The fraction of sp³-hybridized carbons (Fsp3) is 0.278. The van der Waals surface area contributed by atoms with Crippen molar-refractivity contribution >= 4 is 21.8 Å².